The number of amides is 1. The van der Waals surface area contributed by atoms with E-state index in [4.69, 9.17) is 0 Å². The summed E-state index contributed by atoms with van der Waals surface area (Å²) in [5.41, 5.74) is 0.319. The van der Waals surface area contributed by atoms with Crippen molar-refractivity contribution in [2.45, 2.75) is 38.0 Å². The van der Waals surface area contributed by atoms with Crippen LogP contribution in [0, 0.1) is 0 Å². The van der Waals surface area contributed by atoms with Crippen LogP contribution in [-0.2, 0) is 19.1 Å². The normalized spacial score (nSPS) is 14.3. The summed E-state index contributed by atoms with van der Waals surface area (Å²) in [5, 5.41) is 29.1. The summed E-state index contributed by atoms with van der Waals surface area (Å²) in [6.45, 7) is -0.0206. The Labute approximate surface area is 255 Å². The standard InChI is InChI=1S/C34H26F3NO7/c35-34(36,37)23-14-12-21(13-15-23)20-10-8-19(9-11-20)18-38(29-7-3-5-22-4-1-2-6-24(22)29)30(39)25-16-27(32(42)43)28(33(44)45)17-26(25)31(40)41/h1-2,4,6,8-17,29H,3,5,7,18H2,(H,40,41)(H,42,43)(H,44,45)/t29-/m0/s1. The van der Waals surface area contributed by atoms with E-state index in [1.807, 2.05) is 24.3 Å². The molecule has 0 unspecified atom stereocenters. The van der Waals surface area contributed by atoms with E-state index in [-0.39, 0.29) is 6.54 Å². The molecule has 0 aliphatic heterocycles. The molecule has 0 heterocycles. The van der Waals surface area contributed by atoms with Crippen LogP contribution in [0.25, 0.3) is 11.1 Å². The van der Waals surface area contributed by atoms with E-state index in [2.05, 4.69) is 0 Å². The van der Waals surface area contributed by atoms with Crippen LogP contribution in [0.5, 0.6) is 0 Å². The Morgan fingerprint density at radius 2 is 1.22 bits per heavy atom. The molecule has 0 fully saturated rings. The summed E-state index contributed by atoms with van der Waals surface area (Å²) in [7, 11) is 0. The zero-order valence-corrected chi connectivity index (χ0v) is 23.5. The molecule has 0 aromatic heterocycles. The lowest BCUT2D eigenvalue weighted by molar-refractivity contribution is -0.137. The average molecular weight is 618 g/mol. The van der Waals surface area contributed by atoms with Gasteiger partial charge in [-0.05, 0) is 71.3 Å². The number of halogens is 3. The maximum atomic E-state index is 14.3. The van der Waals surface area contributed by atoms with Crippen molar-refractivity contribution < 1.29 is 47.7 Å². The molecular formula is C34H26F3NO7. The van der Waals surface area contributed by atoms with Gasteiger partial charge in [0, 0.05) is 6.54 Å². The largest absolute Gasteiger partial charge is 0.478 e. The van der Waals surface area contributed by atoms with Gasteiger partial charge in [-0.2, -0.15) is 13.2 Å². The van der Waals surface area contributed by atoms with Crippen molar-refractivity contribution in [2.24, 2.45) is 0 Å². The molecule has 1 aliphatic rings. The van der Waals surface area contributed by atoms with E-state index in [0.717, 1.165) is 42.2 Å². The number of hydrogen-bond acceptors (Lipinski definition) is 4. The Hall–Kier alpha value is -5.45. The quantitative estimate of drug-likeness (QED) is 0.191. The summed E-state index contributed by atoms with van der Waals surface area (Å²) in [4.78, 5) is 51.6. The maximum absolute atomic E-state index is 14.3. The first kappa shape index (κ1) is 31.0. The van der Waals surface area contributed by atoms with Crippen molar-refractivity contribution in [3.63, 3.8) is 0 Å². The Morgan fingerprint density at radius 1 is 0.711 bits per heavy atom. The van der Waals surface area contributed by atoms with Crippen LogP contribution in [0.15, 0.2) is 84.9 Å². The minimum Gasteiger partial charge on any atom is -0.478 e. The summed E-state index contributed by atoms with van der Waals surface area (Å²) in [5.74, 6) is -5.67. The first-order valence-corrected chi connectivity index (χ1v) is 13.9. The van der Waals surface area contributed by atoms with Crippen LogP contribution in [0.4, 0.5) is 13.2 Å². The van der Waals surface area contributed by atoms with Crippen molar-refractivity contribution in [1.82, 2.24) is 4.90 Å². The van der Waals surface area contributed by atoms with Gasteiger partial charge in [0.15, 0.2) is 0 Å². The molecule has 0 spiro atoms. The molecule has 5 rings (SSSR count). The third-order valence-corrected chi connectivity index (χ3v) is 7.91. The van der Waals surface area contributed by atoms with Gasteiger partial charge >= 0.3 is 24.1 Å². The highest BCUT2D eigenvalue weighted by Crippen LogP contribution is 2.37. The van der Waals surface area contributed by atoms with Crippen LogP contribution >= 0.6 is 0 Å². The predicted molar refractivity (Wildman–Crippen MR) is 156 cm³/mol. The topological polar surface area (TPSA) is 132 Å². The second kappa shape index (κ2) is 12.3. The van der Waals surface area contributed by atoms with Crippen molar-refractivity contribution >= 4 is 23.8 Å². The number of rotatable bonds is 8. The highest BCUT2D eigenvalue weighted by atomic mass is 19.4. The van der Waals surface area contributed by atoms with Crippen LogP contribution < -0.4 is 0 Å². The number of aryl methyl sites for hydroxylation is 1. The zero-order valence-electron chi connectivity index (χ0n) is 23.5. The highest BCUT2D eigenvalue weighted by Gasteiger charge is 2.34. The predicted octanol–water partition coefficient (Wildman–Crippen LogP) is 7.19. The lowest BCUT2D eigenvalue weighted by Crippen LogP contribution is -2.37. The molecule has 4 aromatic carbocycles. The lowest BCUT2D eigenvalue weighted by atomic mass is 9.86. The van der Waals surface area contributed by atoms with Crippen molar-refractivity contribution in [2.75, 3.05) is 0 Å². The van der Waals surface area contributed by atoms with Gasteiger partial charge in [-0.1, -0.05) is 60.7 Å². The minimum absolute atomic E-state index is 0.0206. The van der Waals surface area contributed by atoms with Crippen molar-refractivity contribution in [3.8, 4) is 11.1 Å². The molecule has 1 atom stereocenters. The first-order chi connectivity index (χ1) is 21.3. The monoisotopic (exact) mass is 617 g/mol. The van der Waals surface area contributed by atoms with Gasteiger partial charge in [-0.15, -0.1) is 0 Å². The van der Waals surface area contributed by atoms with Gasteiger partial charge in [0.25, 0.3) is 5.91 Å². The van der Waals surface area contributed by atoms with Crippen molar-refractivity contribution in [1.29, 1.82) is 0 Å². The van der Waals surface area contributed by atoms with Gasteiger partial charge in [-0.25, -0.2) is 14.4 Å². The van der Waals surface area contributed by atoms with Crippen LogP contribution in [-0.4, -0.2) is 44.0 Å². The summed E-state index contributed by atoms with van der Waals surface area (Å²) in [6, 6.07) is 20.0. The average Bonchev–Trinajstić information content (AvgIpc) is 3.02. The number of carbonyl (C=O) groups is 4. The third kappa shape index (κ3) is 6.42. The lowest BCUT2D eigenvalue weighted by Gasteiger charge is -2.36. The van der Waals surface area contributed by atoms with E-state index >= 15 is 0 Å². The van der Waals surface area contributed by atoms with E-state index in [9.17, 15) is 47.7 Å². The van der Waals surface area contributed by atoms with E-state index < -0.39 is 63.9 Å². The number of aromatic carboxylic acids is 3. The Morgan fingerprint density at radius 3 is 1.78 bits per heavy atom. The SMILES string of the molecule is O=C(O)c1cc(C(=O)O)c(C(=O)N(Cc2ccc(-c3ccc(C(F)(F)F)cc3)cc2)[C@H]2CCCc3ccccc32)cc1C(=O)O. The number of benzene rings is 4. The van der Waals surface area contributed by atoms with E-state index in [0.29, 0.717) is 29.2 Å². The summed E-state index contributed by atoms with van der Waals surface area (Å²) < 4.78 is 39.0. The molecule has 8 nitrogen and oxygen atoms in total. The second-order valence-electron chi connectivity index (χ2n) is 10.7. The number of hydrogen-bond donors (Lipinski definition) is 3. The van der Waals surface area contributed by atoms with Gasteiger partial charge in [-0.3, -0.25) is 4.79 Å². The third-order valence-electron chi connectivity index (χ3n) is 7.91. The van der Waals surface area contributed by atoms with E-state index in [1.165, 1.54) is 17.0 Å². The molecular weight excluding hydrogens is 591 g/mol. The van der Waals surface area contributed by atoms with Gasteiger partial charge < -0.3 is 20.2 Å². The fourth-order valence-electron chi connectivity index (χ4n) is 5.69. The highest BCUT2D eigenvalue weighted by molar-refractivity contribution is 6.10. The number of carboxylic acids is 3. The molecule has 45 heavy (non-hydrogen) atoms. The number of nitrogens with zero attached hydrogens (tertiary/aromatic N) is 1. The number of carboxylic acid groups (broad SMARTS) is 3. The molecule has 11 heteroatoms. The van der Waals surface area contributed by atoms with Crippen LogP contribution in [0.1, 0.15) is 82.6 Å². The molecule has 1 amide bonds. The number of fused-ring (bicyclic) bond motifs is 1. The summed E-state index contributed by atoms with van der Waals surface area (Å²) >= 11 is 0. The molecule has 3 N–H and O–H groups in total. The molecule has 0 bridgehead atoms. The van der Waals surface area contributed by atoms with Crippen molar-refractivity contribution in [3.05, 3.63) is 129 Å². The summed E-state index contributed by atoms with van der Waals surface area (Å²) in [6.07, 6.45) is -2.43. The van der Waals surface area contributed by atoms with E-state index in [1.54, 1.807) is 24.3 Å². The van der Waals surface area contributed by atoms with Gasteiger partial charge in [0.05, 0.1) is 33.9 Å². The van der Waals surface area contributed by atoms with Crippen LogP contribution in [0.2, 0.25) is 0 Å². The molecule has 230 valence electrons. The molecule has 0 radical (unpaired) electrons. The molecule has 1 aliphatic carbocycles. The Balaban J connectivity index is 1.56. The Bertz CT molecular complexity index is 1800. The second-order valence-corrected chi connectivity index (χ2v) is 10.7. The van der Waals surface area contributed by atoms with Gasteiger partial charge in [0.2, 0.25) is 0 Å². The fourth-order valence-corrected chi connectivity index (χ4v) is 5.69. The zero-order chi connectivity index (χ0) is 32.5. The van der Waals surface area contributed by atoms with Crippen LogP contribution in [0.3, 0.4) is 0 Å². The molecule has 0 saturated heterocycles. The number of alkyl halides is 3. The minimum atomic E-state index is -4.46. The number of carbonyl (C=O) groups excluding carboxylic acids is 1. The van der Waals surface area contributed by atoms with Gasteiger partial charge in [0.1, 0.15) is 0 Å². The molecule has 0 saturated carbocycles. The smallest absolute Gasteiger partial charge is 0.416 e. The molecule has 4 aromatic rings. The first-order valence-electron chi connectivity index (χ1n) is 13.9. The Kier molecular flexibility index (Phi) is 8.45. The fraction of sp³-hybridized carbons (Fsp3) is 0.176. The maximum Gasteiger partial charge on any atom is 0.416 e.